The minimum absolute atomic E-state index is 0.218. The van der Waals surface area contributed by atoms with Crippen LogP contribution >= 0.6 is 34.4 Å². The summed E-state index contributed by atoms with van der Waals surface area (Å²) in [6.07, 6.45) is 0. The van der Waals surface area contributed by atoms with Gasteiger partial charge in [-0.1, -0.05) is 11.8 Å². The fraction of sp³-hybridized carbons (Fsp3) is 0.143. The van der Waals surface area contributed by atoms with E-state index in [-0.39, 0.29) is 5.82 Å². The molecule has 3 aromatic heterocycles. The Hall–Kier alpha value is -1.95. The molecule has 5 nitrogen and oxygen atoms in total. The second-order valence-electron chi connectivity index (χ2n) is 4.39. The zero-order valence-electron chi connectivity index (χ0n) is 11.6. The first-order valence-electron chi connectivity index (χ1n) is 6.31. The number of thiazole rings is 1. The van der Waals surface area contributed by atoms with Gasteiger partial charge < -0.3 is 5.73 Å². The van der Waals surface area contributed by atoms with Gasteiger partial charge in [-0.3, -0.25) is 0 Å². The Morgan fingerprint density at radius 1 is 1.32 bits per heavy atom. The van der Waals surface area contributed by atoms with Gasteiger partial charge in [-0.05, 0) is 18.4 Å². The first-order valence-corrected chi connectivity index (χ1v) is 9.12. The molecule has 0 unspecified atom stereocenters. The zero-order chi connectivity index (χ0) is 15.5. The zero-order valence-corrected chi connectivity index (χ0v) is 14.1. The molecule has 0 aliphatic rings. The molecule has 0 bridgehead atoms. The summed E-state index contributed by atoms with van der Waals surface area (Å²) in [7, 11) is 0. The monoisotopic (exact) mass is 345 g/mol. The maximum atomic E-state index is 9.28. The molecular formula is C14H11N5S3. The highest BCUT2D eigenvalue weighted by molar-refractivity contribution is 7.98. The van der Waals surface area contributed by atoms with E-state index < -0.39 is 0 Å². The number of rotatable bonds is 4. The van der Waals surface area contributed by atoms with E-state index in [4.69, 9.17) is 5.73 Å². The molecule has 0 aliphatic carbocycles. The second kappa shape index (κ2) is 6.44. The van der Waals surface area contributed by atoms with E-state index in [0.29, 0.717) is 22.2 Å². The van der Waals surface area contributed by atoms with Crippen molar-refractivity contribution in [1.82, 2.24) is 15.0 Å². The number of hydrogen-bond donors (Lipinski definition) is 1. The molecule has 22 heavy (non-hydrogen) atoms. The van der Waals surface area contributed by atoms with Crippen molar-refractivity contribution in [2.24, 2.45) is 0 Å². The third-order valence-electron chi connectivity index (χ3n) is 2.84. The number of nitriles is 1. The molecule has 0 radical (unpaired) electrons. The van der Waals surface area contributed by atoms with Gasteiger partial charge in [0.1, 0.15) is 17.5 Å². The Bertz CT molecular complexity index is 833. The summed E-state index contributed by atoms with van der Waals surface area (Å²) in [6, 6.07) is 4.01. The third-order valence-corrected chi connectivity index (χ3v) is 5.23. The molecule has 0 aromatic carbocycles. The van der Waals surface area contributed by atoms with Crippen molar-refractivity contribution in [1.29, 1.82) is 5.26 Å². The fourth-order valence-electron chi connectivity index (χ4n) is 1.85. The number of thiophene rings is 1. The molecule has 0 spiro atoms. The van der Waals surface area contributed by atoms with Crippen molar-refractivity contribution in [3.8, 4) is 17.3 Å². The summed E-state index contributed by atoms with van der Waals surface area (Å²) in [5.41, 5.74) is 8.72. The molecule has 0 fully saturated rings. The van der Waals surface area contributed by atoms with Gasteiger partial charge in [0.25, 0.3) is 0 Å². The van der Waals surface area contributed by atoms with Crippen LogP contribution in [-0.4, -0.2) is 15.0 Å². The van der Waals surface area contributed by atoms with Gasteiger partial charge >= 0.3 is 0 Å². The highest BCUT2D eigenvalue weighted by Crippen LogP contribution is 2.30. The van der Waals surface area contributed by atoms with Crippen molar-refractivity contribution in [3.63, 3.8) is 0 Å². The first kappa shape index (κ1) is 15.0. The number of thioether (sulfide) groups is 1. The molecule has 3 heterocycles. The van der Waals surface area contributed by atoms with Crippen molar-refractivity contribution < 1.29 is 0 Å². The summed E-state index contributed by atoms with van der Waals surface area (Å²) in [5.74, 6) is 0.898. The topological polar surface area (TPSA) is 88.5 Å². The van der Waals surface area contributed by atoms with E-state index in [0.717, 1.165) is 16.3 Å². The summed E-state index contributed by atoms with van der Waals surface area (Å²) in [6.45, 7) is 1.98. The summed E-state index contributed by atoms with van der Waals surface area (Å²) < 4.78 is 0. The number of hydrogen-bond acceptors (Lipinski definition) is 8. The molecule has 0 saturated carbocycles. The third kappa shape index (κ3) is 3.11. The number of nitrogen functional groups attached to an aromatic ring is 1. The van der Waals surface area contributed by atoms with Crippen LogP contribution in [0.1, 0.15) is 16.3 Å². The number of aromatic nitrogens is 3. The standard InChI is InChI=1S/C14H11N5S3/c1-8-17-10(6-21-8)7-22-14-18-12(9-2-3-20-5-9)11(4-15)13(16)19-14/h2-3,5-6H,7H2,1H3,(H2,16,18,19). The Labute approximate surface area is 139 Å². The van der Waals surface area contributed by atoms with Crippen molar-refractivity contribution >= 4 is 40.3 Å². The molecule has 0 atom stereocenters. The summed E-state index contributed by atoms with van der Waals surface area (Å²) in [4.78, 5) is 13.1. The lowest BCUT2D eigenvalue weighted by atomic mass is 10.1. The number of anilines is 1. The van der Waals surface area contributed by atoms with Gasteiger partial charge in [0.2, 0.25) is 0 Å². The summed E-state index contributed by atoms with van der Waals surface area (Å²) in [5, 5.41) is 16.8. The lowest BCUT2D eigenvalue weighted by Crippen LogP contribution is -2.02. The fourth-order valence-corrected chi connectivity index (χ4v) is 3.95. The Morgan fingerprint density at radius 2 is 2.18 bits per heavy atom. The average molecular weight is 345 g/mol. The van der Waals surface area contributed by atoms with E-state index in [1.807, 2.05) is 29.1 Å². The molecule has 2 N–H and O–H groups in total. The molecule has 0 aliphatic heterocycles. The van der Waals surface area contributed by atoms with Crippen LogP contribution in [-0.2, 0) is 5.75 Å². The molecule has 3 aromatic rings. The minimum atomic E-state index is 0.218. The SMILES string of the molecule is Cc1nc(CSc2nc(N)c(C#N)c(-c3ccsc3)n2)cs1. The predicted octanol–water partition coefficient (Wildman–Crippen LogP) is 3.72. The largest absolute Gasteiger partial charge is 0.382 e. The quantitative estimate of drug-likeness (QED) is 0.573. The van der Waals surface area contributed by atoms with Gasteiger partial charge in [0.05, 0.1) is 16.4 Å². The Kier molecular flexibility index (Phi) is 4.38. The second-order valence-corrected chi connectivity index (χ2v) is 7.17. The molecule has 8 heteroatoms. The van der Waals surface area contributed by atoms with E-state index in [1.54, 1.807) is 22.7 Å². The molecule has 110 valence electrons. The smallest absolute Gasteiger partial charge is 0.190 e. The van der Waals surface area contributed by atoms with Crippen LogP contribution in [0.15, 0.2) is 27.4 Å². The minimum Gasteiger partial charge on any atom is -0.382 e. The van der Waals surface area contributed by atoms with Crippen LogP contribution in [0.5, 0.6) is 0 Å². The van der Waals surface area contributed by atoms with Gasteiger partial charge in [0, 0.05) is 22.1 Å². The van der Waals surface area contributed by atoms with Gasteiger partial charge in [-0.25, -0.2) is 15.0 Å². The highest BCUT2D eigenvalue weighted by Gasteiger charge is 2.15. The maximum absolute atomic E-state index is 9.28. The number of nitrogens with two attached hydrogens (primary N) is 1. The van der Waals surface area contributed by atoms with Crippen molar-refractivity contribution in [3.05, 3.63) is 38.5 Å². The first-order chi connectivity index (χ1) is 10.7. The molecule has 3 rings (SSSR count). The van der Waals surface area contributed by atoms with E-state index in [9.17, 15) is 5.26 Å². The van der Waals surface area contributed by atoms with Crippen LogP contribution in [0.25, 0.3) is 11.3 Å². The molecule has 0 saturated heterocycles. The normalized spacial score (nSPS) is 10.5. The Balaban J connectivity index is 1.91. The molecule has 0 amide bonds. The molecular weight excluding hydrogens is 334 g/mol. The van der Waals surface area contributed by atoms with Gasteiger partial charge in [-0.2, -0.15) is 16.6 Å². The van der Waals surface area contributed by atoms with Crippen LogP contribution in [0.2, 0.25) is 0 Å². The van der Waals surface area contributed by atoms with Crippen LogP contribution in [0, 0.1) is 18.3 Å². The van der Waals surface area contributed by atoms with Gasteiger partial charge in [0.15, 0.2) is 5.16 Å². The van der Waals surface area contributed by atoms with Crippen molar-refractivity contribution in [2.45, 2.75) is 17.8 Å². The number of aryl methyl sites for hydroxylation is 1. The van der Waals surface area contributed by atoms with Crippen molar-refractivity contribution in [2.75, 3.05) is 5.73 Å². The highest BCUT2D eigenvalue weighted by atomic mass is 32.2. The van der Waals surface area contributed by atoms with E-state index in [2.05, 4.69) is 21.0 Å². The average Bonchev–Trinajstić information content (AvgIpc) is 3.16. The maximum Gasteiger partial charge on any atom is 0.190 e. The van der Waals surface area contributed by atoms with Gasteiger partial charge in [-0.15, -0.1) is 11.3 Å². The lowest BCUT2D eigenvalue weighted by molar-refractivity contribution is 0.974. The summed E-state index contributed by atoms with van der Waals surface area (Å²) >= 11 is 4.64. The van der Waals surface area contributed by atoms with Crippen LogP contribution in [0.3, 0.4) is 0 Å². The predicted molar refractivity (Wildman–Crippen MR) is 90.9 cm³/mol. The Morgan fingerprint density at radius 3 is 2.82 bits per heavy atom. The van der Waals surface area contributed by atoms with E-state index in [1.165, 1.54) is 11.8 Å². The number of nitrogens with zero attached hydrogens (tertiary/aromatic N) is 4. The van der Waals surface area contributed by atoms with Crippen LogP contribution < -0.4 is 5.73 Å². The van der Waals surface area contributed by atoms with Crippen LogP contribution in [0.4, 0.5) is 5.82 Å². The van der Waals surface area contributed by atoms with E-state index >= 15 is 0 Å². The lowest BCUT2D eigenvalue weighted by Gasteiger charge is -2.06.